The van der Waals surface area contributed by atoms with Crippen LogP contribution in [0.25, 0.3) is 16.8 Å². The molecule has 0 fully saturated rings. The summed E-state index contributed by atoms with van der Waals surface area (Å²) in [6, 6.07) is 3.62. The van der Waals surface area contributed by atoms with Crippen LogP contribution in [0.3, 0.4) is 0 Å². The van der Waals surface area contributed by atoms with Gasteiger partial charge in [0.1, 0.15) is 16.9 Å². The highest BCUT2D eigenvalue weighted by molar-refractivity contribution is 6.30. The van der Waals surface area contributed by atoms with Crippen LogP contribution in [0.1, 0.15) is 23.0 Å². The summed E-state index contributed by atoms with van der Waals surface area (Å²) in [4.78, 5) is 23.9. The molecule has 0 radical (unpaired) electrons. The first kappa shape index (κ1) is 18.9. The topological polar surface area (TPSA) is 76.6 Å². The van der Waals surface area contributed by atoms with E-state index in [4.69, 9.17) is 16.7 Å². The van der Waals surface area contributed by atoms with E-state index in [9.17, 15) is 27.2 Å². The molecule has 1 aromatic carbocycles. The molecule has 0 aliphatic heterocycles. The van der Waals surface area contributed by atoms with E-state index in [1.165, 1.54) is 19.1 Å². The molecule has 2 heterocycles. The van der Waals surface area contributed by atoms with Gasteiger partial charge in [-0.2, -0.15) is 18.3 Å². The molecule has 142 valence electrons. The number of alkyl halides is 3. The lowest BCUT2D eigenvalue weighted by atomic mass is 10.1. The van der Waals surface area contributed by atoms with Gasteiger partial charge in [-0.3, -0.25) is 4.79 Å². The minimum Gasteiger partial charge on any atom is -0.476 e. The first-order valence-electron chi connectivity index (χ1n) is 7.48. The van der Waals surface area contributed by atoms with Crippen LogP contribution in [-0.2, 0) is 12.7 Å². The Hall–Kier alpha value is -2.88. The molecule has 0 amide bonds. The van der Waals surface area contributed by atoms with Crippen molar-refractivity contribution in [1.82, 2.24) is 14.2 Å². The van der Waals surface area contributed by atoms with Crippen molar-refractivity contribution >= 4 is 23.1 Å². The lowest BCUT2D eigenvalue weighted by Crippen LogP contribution is -2.25. The van der Waals surface area contributed by atoms with Crippen LogP contribution >= 0.6 is 11.6 Å². The Morgan fingerprint density at radius 2 is 2.00 bits per heavy atom. The number of hydrogen-bond acceptors (Lipinski definition) is 3. The molecule has 6 nitrogen and oxygen atoms in total. The van der Waals surface area contributed by atoms with Crippen LogP contribution in [0.15, 0.2) is 29.2 Å². The first-order chi connectivity index (χ1) is 12.6. The van der Waals surface area contributed by atoms with Gasteiger partial charge in [0.25, 0.3) is 5.56 Å². The number of carboxylic acids is 1. The Morgan fingerprint density at radius 1 is 1.33 bits per heavy atom. The maximum Gasteiger partial charge on any atom is 0.421 e. The average molecular weight is 404 g/mol. The smallest absolute Gasteiger partial charge is 0.421 e. The van der Waals surface area contributed by atoms with Crippen molar-refractivity contribution < 1.29 is 27.5 Å². The summed E-state index contributed by atoms with van der Waals surface area (Å²) in [5, 5.41) is 12.3. The molecular weight excluding hydrogens is 394 g/mol. The van der Waals surface area contributed by atoms with Gasteiger partial charge in [-0.05, 0) is 19.1 Å². The molecule has 3 rings (SSSR count). The number of rotatable bonds is 3. The number of carbonyl (C=O) groups is 1. The Kier molecular flexibility index (Phi) is 4.46. The molecule has 0 saturated heterocycles. The summed E-state index contributed by atoms with van der Waals surface area (Å²) in [5.74, 6) is -2.71. The fourth-order valence-corrected chi connectivity index (χ4v) is 2.89. The Balaban J connectivity index is 2.45. The molecule has 0 aliphatic carbocycles. The molecule has 27 heavy (non-hydrogen) atoms. The monoisotopic (exact) mass is 403 g/mol. The molecule has 0 atom stereocenters. The van der Waals surface area contributed by atoms with Gasteiger partial charge >= 0.3 is 12.1 Å². The van der Waals surface area contributed by atoms with Crippen LogP contribution in [0, 0.1) is 5.82 Å². The number of halogens is 5. The van der Waals surface area contributed by atoms with Gasteiger partial charge in [-0.1, -0.05) is 17.7 Å². The maximum absolute atomic E-state index is 13.8. The fourth-order valence-electron chi connectivity index (χ4n) is 2.77. The van der Waals surface area contributed by atoms with Gasteiger partial charge in [0.15, 0.2) is 5.69 Å². The zero-order valence-corrected chi connectivity index (χ0v) is 14.3. The fraction of sp³-hybridized carbons (Fsp3) is 0.188. The number of hydrogen-bond donors (Lipinski definition) is 1. The van der Waals surface area contributed by atoms with Crippen molar-refractivity contribution in [3.05, 3.63) is 56.8 Å². The summed E-state index contributed by atoms with van der Waals surface area (Å²) >= 11 is 5.63. The highest BCUT2D eigenvalue weighted by Gasteiger charge is 2.42. The Labute approximate surface area is 153 Å². The lowest BCUT2D eigenvalue weighted by molar-refractivity contribution is -0.136. The standard InChI is InChI=1S/C16H10ClF4N3O3/c1-2-23-10(7-3-4-8(17)9(18)5-7)6-24-13(14(23)25)11(16(19,20)21)12(22-24)15(26)27/h3-6H,2H2,1H3,(H,26,27). The summed E-state index contributed by atoms with van der Waals surface area (Å²) in [5.41, 5.74) is -4.72. The van der Waals surface area contributed by atoms with Crippen LogP contribution < -0.4 is 5.56 Å². The lowest BCUT2D eigenvalue weighted by Gasteiger charge is -2.13. The summed E-state index contributed by atoms with van der Waals surface area (Å²) in [6.07, 6.45) is -4.06. The quantitative estimate of drug-likeness (QED) is 0.677. The number of nitrogens with zero attached hydrogens (tertiary/aromatic N) is 3. The van der Waals surface area contributed by atoms with Gasteiger partial charge in [0.2, 0.25) is 0 Å². The predicted molar refractivity (Wildman–Crippen MR) is 87.5 cm³/mol. The molecule has 0 spiro atoms. The van der Waals surface area contributed by atoms with Gasteiger partial charge in [-0.25, -0.2) is 13.7 Å². The molecular formula is C16H10ClF4N3O3. The molecule has 2 aromatic heterocycles. The first-order valence-corrected chi connectivity index (χ1v) is 7.86. The van der Waals surface area contributed by atoms with E-state index >= 15 is 0 Å². The number of aromatic nitrogens is 3. The summed E-state index contributed by atoms with van der Waals surface area (Å²) < 4.78 is 55.4. The van der Waals surface area contributed by atoms with E-state index in [0.717, 1.165) is 16.8 Å². The minimum atomic E-state index is -5.10. The van der Waals surface area contributed by atoms with Crippen molar-refractivity contribution in [3.63, 3.8) is 0 Å². The number of benzene rings is 1. The van der Waals surface area contributed by atoms with E-state index in [2.05, 4.69) is 5.10 Å². The van der Waals surface area contributed by atoms with Gasteiger partial charge in [0.05, 0.1) is 16.9 Å². The second-order valence-corrected chi connectivity index (χ2v) is 5.92. The number of fused-ring (bicyclic) bond motifs is 1. The van der Waals surface area contributed by atoms with Crippen molar-refractivity contribution in [2.24, 2.45) is 0 Å². The third-order valence-corrected chi connectivity index (χ3v) is 4.22. The van der Waals surface area contributed by atoms with Crippen molar-refractivity contribution in [2.45, 2.75) is 19.6 Å². The highest BCUT2D eigenvalue weighted by Crippen LogP contribution is 2.35. The third-order valence-electron chi connectivity index (χ3n) is 3.91. The molecule has 0 bridgehead atoms. The van der Waals surface area contributed by atoms with Crippen LogP contribution in [0.2, 0.25) is 5.02 Å². The zero-order valence-electron chi connectivity index (χ0n) is 13.5. The van der Waals surface area contributed by atoms with E-state index < -0.39 is 40.3 Å². The van der Waals surface area contributed by atoms with E-state index in [0.29, 0.717) is 4.52 Å². The van der Waals surface area contributed by atoms with Crippen LogP contribution in [0.4, 0.5) is 17.6 Å². The second-order valence-electron chi connectivity index (χ2n) is 5.51. The predicted octanol–water partition coefficient (Wildman–Crippen LogP) is 3.69. The highest BCUT2D eigenvalue weighted by atomic mass is 35.5. The number of aromatic carboxylic acids is 1. The van der Waals surface area contributed by atoms with Crippen molar-refractivity contribution in [1.29, 1.82) is 0 Å². The largest absolute Gasteiger partial charge is 0.476 e. The van der Waals surface area contributed by atoms with Crippen LogP contribution in [0.5, 0.6) is 0 Å². The minimum absolute atomic E-state index is 0.0419. The van der Waals surface area contributed by atoms with E-state index in [1.54, 1.807) is 0 Å². The molecule has 1 N–H and O–H groups in total. The molecule has 0 unspecified atom stereocenters. The molecule has 0 aliphatic rings. The van der Waals surface area contributed by atoms with Gasteiger partial charge < -0.3 is 9.67 Å². The Morgan fingerprint density at radius 3 is 2.52 bits per heavy atom. The SMILES string of the molecule is CCn1c(-c2ccc(Cl)c(F)c2)cn2nc(C(=O)O)c(C(F)(F)F)c2c1=O. The summed E-state index contributed by atoms with van der Waals surface area (Å²) in [6.45, 7) is 1.47. The van der Waals surface area contributed by atoms with Crippen LogP contribution in [-0.4, -0.2) is 25.3 Å². The van der Waals surface area contributed by atoms with E-state index in [-0.39, 0.29) is 22.8 Å². The maximum atomic E-state index is 13.8. The average Bonchev–Trinajstić information content (AvgIpc) is 2.97. The van der Waals surface area contributed by atoms with Crippen molar-refractivity contribution in [3.8, 4) is 11.3 Å². The Bertz CT molecular complexity index is 1130. The number of carboxylic acid groups (broad SMARTS) is 1. The van der Waals surface area contributed by atoms with Gasteiger partial charge in [0, 0.05) is 12.1 Å². The molecule has 11 heteroatoms. The zero-order chi connectivity index (χ0) is 20.1. The van der Waals surface area contributed by atoms with Gasteiger partial charge in [-0.15, -0.1) is 0 Å². The van der Waals surface area contributed by atoms with E-state index in [1.807, 2.05) is 0 Å². The second kappa shape index (κ2) is 6.38. The summed E-state index contributed by atoms with van der Waals surface area (Å²) in [7, 11) is 0. The third kappa shape index (κ3) is 3.05. The van der Waals surface area contributed by atoms with Crippen molar-refractivity contribution in [2.75, 3.05) is 0 Å². The molecule has 3 aromatic rings. The normalized spacial score (nSPS) is 11.9. The molecule has 0 saturated carbocycles.